The Bertz CT molecular complexity index is 1620. The molecule has 3 aromatic rings. The van der Waals surface area contributed by atoms with Crippen molar-refractivity contribution in [3.63, 3.8) is 0 Å². The van der Waals surface area contributed by atoms with Crippen molar-refractivity contribution < 1.29 is 33.4 Å². The Hall–Kier alpha value is -5.00. The van der Waals surface area contributed by atoms with E-state index in [1.807, 2.05) is 24.3 Å². The zero-order valence-electron chi connectivity index (χ0n) is 25.7. The zero-order valence-corrected chi connectivity index (χ0v) is 27.3. The number of pyridine rings is 1. The fourth-order valence-corrected chi connectivity index (χ4v) is 4.71. The van der Waals surface area contributed by atoms with Gasteiger partial charge in [-0.1, -0.05) is 22.0 Å². The molecule has 2 aromatic carbocycles. The minimum atomic E-state index is -0.589. The third-order valence-corrected chi connectivity index (χ3v) is 6.81. The molecule has 0 bridgehead atoms. The summed E-state index contributed by atoms with van der Waals surface area (Å²) in [7, 11) is 1.45. The first kappa shape index (κ1) is 35.5. The lowest BCUT2D eigenvalue weighted by molar-refractivity contribution is -0.148. The second kappa shape index (κ2) is 18.1. The van der Waals surface area contributed by atoms with Crippen LogP contribution in [-0.2, 0) is 28.7 Å². The number of halogens is 1. The monoisotopic (exact) mass is 694 g/mol. The van der Waals surface area contributed by atoms with E-state index in [0.717, 1.165) is 22.3 Å². The number of esters is 2. The number of nitriles is 1. The van der Waals surface area contributed by atoms with Gasteiger partial charge in [0.2, 0.25) is 11.8 Å². The Labute approximate surface area is 275 Å². The van der Waals surface area contributed by atoms with E-state index in [1.54, 1.807) is 30.9 Å². The van der Waals surface area contributed by atoms with Crippen molar-refractivity contribution >= 4 is 67.6 Å². The normalized spacial score (nSPS) is 10.8. The van der Waals surface area contributed by atoms with E-state index in [-0.39, 0.29) is 32.8 Å². The van der Waals surface area contributed by atoms with Crippen LogP contribution < -0.4 is 20.7 Å². The number of ether oxygens (including phenoxy) is 3. The molecule has 3 rings (SSSR count). The average Bonchev–Trinajstić information content (AvgIpc) is 3.02. The number of methoxy groups -OCH3 is 1. The van der Waals surface area contributed by atoms with Crippen molar-refractivity contribution in [2.45, 2.75) is 20.3 Å². The maximum atomic E-state index is 12.8. The van der Waals surface area contributed by atoms with Crippen LogP contribution in [0.5, 0.6) is 5.75 Å². The Morgan fingerprint density at radius 3 is 2.35 bits per heavy atom. The first-order chi connectivity index (χ1) is 22.2. The van der Waals surface area contributed by atoms with Crippen LogP contribution in [0.3, 0.4) is 0 Å². The molecular weight excluding hydrogens is 660 g/mol. The van der Waals surface area contributed by atoms with Gasteiger partial charge < -0.3 is 30.2 Å². The lowest BCUT2D eigenvalue weighted by Gasteiger charge is -2.20. The number of benzene rings is 2. The molecule has 3 N–H and O–H groups in total. The number of nitrogens with zero attached hydrogens (tertiary/aromatic N) is 3. The number of carbonyl (C=O) groups is 4. The average molecular weight is 696 g/mol. The number of amides is 2. The van der Waals surface area contributed by atoms with E-state index in [1.165, 1.54) is 13.3 Å². The highest BCUT2D eigenvalue weighted by molar-refractivity contribution is 9.10. The van der Waals surface area contributed by atoms with Gasteiger partial charge in [-0.25, -0.2) is 0 Å². The second-order valence-corrected chi connectivity index (χ2v) is 10.6. The van der Waals surface area contributed by atoms with Gasteiger partial charge in [0.05, 0.1) is 55.9 Å². The maximum absolute atomic E-state index is 12.8. The number of rotatable bonds is 16. The van der Waals surface area contributed by atoms with Gasteiger partial charge in [-0.05, 0) is 44.5 Å². The third-order valence-electron chi connectivity index (χ3n) is 6.31. The third kappa shape index (κ3) is 10.9. The summed E-state index contributed by atoms with van der Waals surface area (Å²) in [6.45, 7) is 4.20. The van der Waals surface area contributed by atoms with Crippen molar-refractivity contribution in [1.29, 1.82) is 5.26 Å². The number of hydrogen-bond donors (Lipinski definition) is 3. The Balaban J connectivity index is 1.64. The Morgan fingerprint density at radius 1 is 1.02 bits per heavy atom. The SMILES string of the molecule is CCOC(=O)CN(CCCNC(=O)/C=C/C(=O)Nc1cc2c(Nc3cccc(Br)c3)c(C#N)cnc2cc1OC)CC(=O)OCC. The topological polar surface area (TPSA) is 172 Å². The highest BCUT2D eigenvalue weighted by Gasteiger charge is 2.17. The molecule has 1 heterocycles. The van der Waals surface area contributed by atoms with Crippen molar-refractivity contribution in [2.24, 2.45) is 0 Å². The molecule has 0 saturated heterocycles. The van der Waals surface area contributed by atoms with Crippen LogP contribution in [0, 0.1) is 11.3 Å². The molecule has 1 aromatic heterocycles. The number of fused-ring (bicyclic) bond motifs is 1. The first-order valence-corrected chi connectivity index (χ1v) is 15.2. The molecule has 0 radical (unpaired) electrons. The van der Waals surface area contributed by atoms with Crippen LogP contribution in [0.25, 0.3) is 10.9 Å². The predicted molar refractivity (Wildman–Crippen MR) is 176 cm³/mol. The summed E-state index contributed by atoms with van der Waals surface area (Å²) in [5.74, 6) is -1.70. The summed E-state index contributed by atoms with van der Waals surface area (Å²) in [4.78, 5) is 54.9. The van der Waals surface area contributed by atoms with E-state index in [4.69, 9.17) is 14.2 Å². The molecule has 0 saturated carbocycles. The molecule has 0 unspecified atom stereocenters. The van der Waals surface area contributed by atoms with E-state index < -0.39 is 23.8 Å². The fraction of sp³-hybridized carbons (Fsp3) is 0.312. The standard InChI is InChI=1S/C32H35BrN6O7/c1-4-45-30(42)19-39(20-31(43)46-5-2)13-7-12-35-28(40)10-11-29(41)38-26-15-24-25(16-27(26)44-3)36-18-21(17-34)32(24)37-23-9-6-8-22(33)14-23/h6,8-11,14-16,18H,4-5,7,12-13,19-20H2,1-3H3,(H,35,40)(H,36,37)(H,38,41)/b11-10+. The van der Waals surface area contributed by atoms with Gasteiger partial charge in [0.25, 0.3) is 0 Å². The highest BCUT2D eigenvalue weighted by Crippen LogP contribution is 2.36. The van der Waals surface area contributed by atoms with Crippen LogP contribution >= 0.6 is 15.9 Å². The molecule has 0 aliphatic heterocycles. The summed E-state index contributed by atoms with van der Waals surface area (Å²) < 4.78 is 16.2. The first-order valence-electron chi connectivity index (χ1n) is 14.4. The number of aromatic nitrogens is 1. The van der Waals surface area contributed by atoms with Crippen LogP contribution in [0.2, 0.25) is 0 Å². The predicted octanol–water partition coefficient (Wildman–Crippen LogP) is 4.05. The summed E-state index contributed by atoms with van der Waals surface area (Å²) >= 11 is 3.44. The van der Waals surface area contributed by atoms with Crippen LogP contribution in [0.4, 0.5) is 17.1 Å². The minimum Gasteiger partial charge on any atom is -0.494 e. The van der Waals surface area contributed by atoms with E-state index >= 15 is 0 Å². The Kier molecular flexibility index (Phi) is 13.9. The van der Waals surface area contributed by atoms with Gasteiger partial charge >= 0.3 is 11.9 Å². The summed E-state index contributed by atoms with van der Waals surface area (Å²) in [5, 5.41) is 19.0. The second-order valence-electron chi connectivity index (χ2n) is 9.65. The Morgan fingerprint density at radius 2 is 1.72 bits per heavy atom. The quantitative estimate of drug-likeness (QED) is 0.112. The van der Waals surface area contributed by atoms with Gasteiger partial charge in [-0.2, -0.15) is 5.26 Å². The largest absolute Gasteiger partial charge is 0.494 e. The molecule has 0 fully saturated rings. The van der Waals surface area contributed by atoms with Gasteiger partial charge in [-0.15, -0.1) is 0 Å². The molecular formula is C32H35BrN6O7. The minimum absolute atomic E-state index is 0.0889. The molecule has 13 nitrogen and oxygen atoms in total. The molecule has 14 heteroatoms. The lowest BCUT2D eigenvalue weighted by atomic mass is 10.1. The number of carbonyl (C=O) groups excluding carboxylic acids is 4. The molecule has 0 aliphatic carbocycles. The number of nitrogens with one attached hydrogen (secondary N) is 3. The van der Waals surface area contributed by atoms with Crippen molar-refractivity contribution in [3.05, 3.63) is 64.8 Å². The maximum Gasteiger partial charge on any atom is 0.320 e. The van der Waals surface area contributed by atoms with E-state index in [0.29, 0.717) is 46.6 Å². The van der Waals surface area contributed by atoms with Crippen LogP contribution in [0.1, 0.15) is 25.8 Å². The molecule has 242 valence electrons. The van der Waals surface area contributed by atoms with Crippen molar-refractivity contribution in [2.75, 3.05) is 57.1 Å². The lowest BCUT2D eigenvalue weighted by Crippen LogP contribution is -2.38. The molecule has 0 spiro atoms. The van der Waals surface area contributed by atoms with Crippen LogP contribution in [0.15, 0.2) is 59.2 Å². The van der Waals surface area contributed by atoms with E-state index in [9.17, 15) is 24.4 Å². The molecule has 2 amide bonds. The van der Waals surface area contributed by atoms with Crippen LogP contribution in [-0.4, -0.2) is 80.1 Å². The highest BCUT2D eigenvalue weighted by atomic mass is 79.9. The molecule has 0 atom stereocenters. The fourth-order valence-electron chi connectivity index (χ4n) is 4.31. The van der Waals surface area contributed by atoms with E-state index in [2.05, 4.69) is 42.9 Å². The summed E-state index contributed by atoms with van der Waals surface area (Å²) in [5.41, 5.74) is 2.38. The van der Waals surface area contributed by atoms with Gasteiger partial charge in [0.15, 0.2) is 0 Å². The van der Waals surface area contributed by atoms with Gasteiger partial charge in [-0.3, -0.25) is 29.1 Å². The smallest absolute Gasteiger partial charge is 0.320 e. The molecule has 0 aliphatic rings. The van der Waals surface area contributed by atoms with Gasteiger partial charge in [0, 0.05) is 53.1 Å². The summed E-state index contributed by atoms with van der Waals surface area (Å²) in [6.07, 6.45) is 4.05. The summed E-state index contributed by atoms with van der Waals surface area (Å²) in [6, 6.07) is 12.9. The zero-order chi connectivity index (χ0) is 33.5. The van der Waals surface area contributed by atoms with Crippen molar-refractivity contribution in [3.8, 4) is 11.8 Å². The number of anilines is 3. The van der Waals surface area contributed by atoms with Crippen molar-refractivity contribution in [1.82, 2.24) is 15.2 Å². The van der Waals surface area contributed by atoms with Gasteiger partial charge in [0.1, 0.15) is 11.8 Å². The number of hydrogen-bond acceptors (Lipinski definition) is 11. The molecule has 46 heavy (non-hydrogen) atoms.